The van der Waals surface area contributed by atoms with E-state index >= 15 is 0 Å². The minimum atomic E-state index is -4.65. The highest BCUT2D eigenvalue weighted by Crippen LogP contribution is 2.39. The molecule has 34 heavy (non-hydrogen) atoms. The van der Waals surface area contributed by atoms with E-state index in [9.17, 15) is 22.8 Å². The second kappa shape index (κ2) is 8.41. The molecule has 2 aliphatic rings. The van der Waals surface area contributed by atoms with Gasteiger partial charge in [0.1, 0.15) is 29.3 Å². The standard InChI is InChI=1S/C22H25F3N6O3/c1-21(2,3)34-20(33)30-8-13-4-5-14(9-30)31(13)17-7-12(22(23,24)25)6-16(29-17)18-15(10-32)19(26)28-11-27-18/h6-7,10-11,13-14H,4-5,8-9H2,1-3H3,(H2,26,27,28). The Morgan fingerprint density at radius 2 is 1.79 bits per heavy atom. The molecule has 2 unspecified atom stereocenters. The fourth-order valence-corrected chi connectivity index (χ4v) is 4.42. The zero-order valence-electron chi connectivity index (χ0n) is 19.0. The summed E-state index contributed by atoms with van der Waals surface area (Å²) in [5.74, 6) is -0.0398. The van der Waals surface area contributed by atoms with Gasteiger partial charge in [-0.1, -0.05) is 0 Å². The van der Waals surface area contributed by atoms with Crippen LogP contribution < -0.4 is 10.6 Å². The van der Waals surface area contributed by atoms with Crippen LogP contribution in [-0.2, 0) is 10.9 Å². The number of rotatable bonds is 3. The van der Waals surface area contributed by atoms with Gasteiger partial charge in [0, 0.05) is 25.2 Å². The van der Waals surface area contributed by atoms with E-state index in [2.05, 4.69) is 15.0 Å². The molecule has 0 radical (unpaired) electrons. The summed E-state index contributed by atoms with van der Waals surface area (Å²) in [6.07, 6.45) is -2.25. The van der Waals surface area contributed by atoms with Crippen molar-refractivity contribution in [3.8, 4) is 11.4 Å². The molecule has 12 heteroatoms. The first kappa shape index (κ1) is 23.7. The normalized spacial score (nSPS) is 20.4. The number of likely N-dealkylation sites (tertiary alicyclic amines) is 1. The number of alkyl halides is 3. The van der Waals surface area contributed by atoms with Gasteiger partial charge in [0.15, 0.2) is 6.29 Å². The van der Waals surface area contributed by atoms with Crippen LogP contribution in [0.15, 0.2) is 18.5 Å². The fourth-order valence-electron chi connectivity index (χ4n) is 4.42. The molecule has 2 saturated heterocycles. The van der Waals surface area contributed by atoms with Gasteiger partial charge < -0.3 is 20.3 Å². The lowest BCUT2D eigenvalue weighted by atomic mass is 10.1. The number of carbonyl (C=O) groups excluding carboxylic acids is 2. The third kappa shape index (κ3) is 4.62. The van der Waals surface area contributed by atoms with E-state index in [-0.39, 0.29) is 40.7 Å². The topological polar surface area (TPSA) is 115 Å². The van der Waals surface area contributed by atoms with Crippen molar-refractivity contribution >= 4 is 24.0 Å². The largest absolute Gasteiger partial charge is 0.444 e. The highest BCUT2D eigenvalue weighted by atomic mass is 19.4. The van der Waals surface area contributed by atoms with Gasteiger partial charge >= 0.3 is 12.3 Å². The smallest absolute Gasteiger partial charge is 0.416 e. The average Bonchev–Trinajstić information content (AvgIpc) is 3.00. The van der Waals surface area contributed by atoms with Crippen molar-refractivity contribution in [2.45, 2.75) is 57.5 Å². The third-order valence-electron chi connectivity index (χ3n) is 5.81. The van der Waals surface area contributed by atoms with Crippen LogP contribution in [0.2, 0.25) is 0 Å². The molecule has 0 saturated carbocycles. The molecule has 182 valence electrons. The maximum Gasteiger partial charge on any atom is 0.416 e. The number of piperazine rings is 1. The molecular weight excluding hydrogens is 453 g/mol. The predicted molar refractivity (Wildman–Crippen MR) is 117 cm³/mol. The van der Waals surface area contributed by atoms with Crippen LogP contribution >= 0.6 is 0 Å². The van der Waals surface area contributed by atoms with Crippen molar-refractivity contribution in [1.82, 2.24) is 19.9 Å². The first-order valence-corrected chi connectivity index (χ1v) is 10.8. The second-order valence-electron chi connectivity index (χ2n) is 9.41. The fraction of sp³-hybridized carbons (Fsp3) is 0.500. The monoisotopic (exact) mass is 478 g/mol. The van der Waals surface area contributed by atoms with Gasteiger partial charge in [-0.25, -0.2) is 19.7 Å². The molecule has 1 amide bonds. The van der Waals surface area contributed by atoms with E-state index in [0.29, 0.717) is 32.2 Å². The van der Waals surface area contributed by atoms with Crippen LogP contribution in [0.5, 0.6) is 0 Å². The Morgan fingerprint density at radius 1 is 1.15 bits per heavy atom. The van der Waals surface area contributed by atoms with E-state index in [0.717, 1.165) is 18.5 Å². The number of aldehydes is 1. The Morgan fingerprint density at radius 3 is 2.35 bits per heavy atom. The van der Waals surface area contributed by atoms with Crippen LogP contribution in [-0.4, -0.2) is 63.0 Å². The minimum absolute atomic E-state index is 0.0745. The number of nitrogen functional groups attached to an aromatic ring is 1. The van der Waals surface area contributed by atoms with Gasteiger partial charge in [-0.15, -0.1) is 0 Å². The number of hydrogen-bond donors (Lipinski definition) is 1. The molecule has 2 N–H and O–H groups in total. The summed E-state index contributed by atoms with van der Waals surface area (Å²) < 4.78 is 46.8. The third-order valence-corrected chi connectivity index (χ3v) is 5.81. The number of carbonyl (C=O) groups is 2. The number of fused-ring (bicyclic) bond motifs is 2. The van der Waals surface area contributed by atoms with Crippen LogP contribution in [0, 0.1) is 0 Å². The summed E-state index contributed by atoms with van der Waals surface area (Å²) in [6, 6.07) is 1.38. The van der Waals surface area contributed by atoms with Crippen molar-refractivity contribution in [1.29, 1.82) is 0 Å². The summed E-state index contributed by atoms with van der Waals surface area (Å²) in [5.41, 5.74) is 3.82. The minimum Gasteiger partial charge on any atom is -0.444 e. The molecule has 0 aliphatic carbocycles. The van der Waals surface area contributed by atoms with Crippen molar-refractivity contribution in [2.75, 3.05) is 23.7 Å². The molecule has 2 fully saturated rings. The lowest BCUT2D eigenvalue weighted by molar-refractivity contribution is -0.137. The van der Waals surface area contributed by atoms with Gasteiger partial charge in [-0.05, 0) is 45.7 Å². The number of hydrogen-bond acceptors (Lipinski definition) is 8. The molecule has 2 aliphatic heterocycles. The number of halogens is 3. The van der Waals surface area contributed by atoms with E-state index < -0.39 is 23.4 Å². The molecule has 4 rings (SSSR count). The van der Waals surface area contributed by atoms with Crippen LogP contribution in [0.1, 0.15) is 49.5 Å². The zero-order chi connectivity index (χ0) is 24.8. The van der Waals surface area contributed by atoms with E-state index in [4.69, 9.17) is 10.5 Å². The van der Waals surface area contributed by atoms with Crippen molar-refractivity contribution in [3.63, 3.8) is 0 Å². The highest BCUT2D eigenvalue weighted by molar-refractivity contribution is 5.90. The van der Waals surface area contributed by atoms with Crippen molar-refractivity contribution in [2.24, 2.45) is 0 Å². The summed E-state index contributed by atoms with van der Waals surface area (Å²) in [7, 11) is 0. The Kier molecular flexibility index (Phi) is 5.86. The van der Waals surface area contributed by atoms with Crippen LogP contribution in [0.3, 0.4) is 0 Å². The number of nitrogens with zero attached hydrogens (tertiary/aromatic N) is 5. The lowest BCUT2D eigenvalue weighted by Gasteiger charge is -2.42. The summed E-state index contributed by atoms with van der Waals surface area (Å²) in [4.78, 5) is 39.7. The SMILES string of the molecule is CC(C)(C)OC(=O)N1CC2CCC(C1)N2c1cc(C(F)(F)F)cc(-c2ncnc(N)c2C=O)n1. The number of amides is 1. The first-order valence-electron chi connectivity index (χ1n) is 10.8. The molecule has 9 nitrogen and oxygen atoms in total. The van der Waals surface area contributed by atoms with Gasteiger partial charge in [-0.3, -0.25) is 4.79 Å². The highest BCUT2D eigenvalue weighted by Gasteiger charge is 2.44. The molecule has 4 heterocycles. The molecule has 0 spiro atoms. The second-order valence-corrected chi connectivity index (χ2v) is 9.41. The number of ether oxygens (including phenoxy) is 1. The van der Waals surface area contributed by atoms with Crippen LogP contribution in [0.4, 0.5) is 29.6 Å². The van der Waals surface area contributed by atoms with Gasteiger partial charge in [0.05, 0.1) is 16.8 Å². The lowest BCUT2D eigenvalue weighted by Crippen LogP contribution is -2.56. The molecule has 2 bridgehead atoms. The number of nitrogens with two attached hydrogens (primary N) is 1. The molecule has 2 aromatic heterocycles. The first-order chi connectivity index (χ1) is 15.9. The Balaban J connectivity index is 1.72. The molecule has 2 atom stereocenters. The Labute approximate surface area is 194 Å². The molecule has 2 aromatic rings. The Hall–Kier alpha value is -3.44. The summed E-state index contributed by atoms with van der Waals surface area (Å²) in [6.45, 7) is 5.93. The van der Waals surface area contributed by atoms with Gasteiger partial charge in [0.25, 0.3) is 0 Å². The van der Waals surface area contributed by atoms with Gasteiger partial charge in [0.2, 0.25) is 0 Å². The van der Waals surface area contributed by atoms with Crippen molar-refractivity contribution < 1.29 is 27.5 Å². The quantitative estimate of drug-likeness (QED) is 0.667. The molecule has 0 aromatic carbocycles. The number of anilines is 2. The maximum atomic E-state index is 13.8. The molecular formula is C22H25F3N6O3. The predicted octanol–water partition coefficient (Wildman–Crippen LogP) is 3.54. The maximum absolute atomic E-state index is 13.8. The summed E-state index contributed by atoms with van der Waals surface area (Å²) >= 11 is 0. The summed E-state index contributed by atoms with van der Waals surface area (Å²) in [5, 5.41) is 0. The van der Waals surface area contributed by atoms with E-state index in [1.807, 2.05) is 4.90 Å². The average molecular weight is 478 g/mol. The van der Waals surface area contributed by atoms with Crippen molar-refractivity contribution in [3.05, 3.63) is 29.6 Å². The van der Waals surface area contributed by atoms with E-state index in [1.165, 1.54) is 0 Å². The van der Waals surface area contributed by atoms with Gasteiger partial charge in [-0.2, -0.15) is 13.2 Å². The number of pyridine rings is 1. The van der Waals surface area contributed by atoms with Crippen LogP contribution in [0.25, 0.3) is 11.4 Å². The number of aromatic nitrogens is 3. The Bertz CT molecular complexity index is 1100. The van der Waals surface area contributed by atoms with E-state index in [1.54, 1.807) is 25.7 Å². The zero-order valence-corrected chi connectivity index (χ0v) is 19.0.